The molecule has 3 rings (SSSR count). The van der Waals surface area contributed by atoms with Gasteiger partial charge in [0.15, 0.2) is 0 Å². The van der Waals surface area contributed by atoms with E-state index in [0.29, 0.717) is 55.7 Å². The molecule has 0 bridgehead atoms. The summed E-state index contributed by atoms with van der Waals surface area (Å²) >= 11 is 0. The van der Waals surface area contributed by atoms with Gasteiger partial charge in [-0.2, -0.15) is 8.42 Å². The van der Waals surface area contributed by atoms with Crippen LogP contribution in [-0.4, -0.2) is 99.1 Å². The lowest BCUT2D eigenvalue weighted by Crippen LogP contribution is -2.47. The molecule has 53 heavy (non-hydrogen) atoms. The molecule has 1 fully saturated rings. The van der Waals surface area contributed by atoms with Crippen molar-refractivity contribution in [3.8, 4) is 5.75 Å². The van der Waals surface area contributed by atoms with Crippen LogP contribution < -0.4 is 25.5 Å². The summed E-state index contributed by atoms with van der Waals surface area (Å²) in [7, 11) is -5.25. The van der Waals surface area contributed by atoms with Crippen molar-refractivity contribution < 1.29 is 40.5 Å². The van der Waals surface area contributed by atoms with Gasteiger partial charge in [0.05, 0.1) is 13.0 Å². The van der Waals surface area contributed by atoms with Gasteiger partial charge in [-0.1, -0.05) is 42.0 Å². The summed E-state index contributed by atoms with van der Waals surface area (Å²) in [6, 6.07) is 10.4. The highest BCUT2D eigenvalue weighted by atomic mass is 32.3. The van der Waals surface area contributed by atoms with E-state index in [2.05, 4.69) is 44.2 Å². The summed E-state index contributed by atoms with van der Waals surface area (Å²) in [6.45, 7) is 9.68. The van der Waals surface area contributed by atoms with Crippen LogP contribution in [0, 0.1) is 0 Å². The summed E-state index contributed by atoms with van der Waals surface area (Å²) in [6.07, 6.45) is 4.91. The maximum absolute atomic E-state index is 13.4. The van der Waals surface area contributed by atoms with Crippen LogP contribution >= 0.6 is 0 Å². The average Bonchev–Trinajstić information content (AvgIpc) is 3.65. The predicted molar refractivity (Wildman–Crippen MR) is 198 cm³/mol. The zero-order chi connectivity index (χ0) is 38.8. The van der Waals surface area contributed by atoms with E-state index in [1.165, 1.54) is 24.3 Å². The van der Waals surface area contributed by atoms with Gasteiger partial charge in [0.2, 0.25) is 23.6 Å². The Bertz CT molecular complexity index is 1630. The van der Waals surface area contributed by atoms with E-state index in [4.69, 9.17) is 0 Å². The number of rotatable bonds is 22. The van der Waals surface area contributed by atoms with E-state index in [0.717, 1.165) is 38.8 Å². The third-order valence-corrected chi connectivity index (χ3v) is 9.01. The van der Waals surface area contributed by atoms with E-state index < -0.39 is 34.4 Å². The number of hydrogen-bond acceptors (Lipinski definition) is 9. The first kappa shape index (κ1) is 42.8. The summed E-state index contributed by atoms with van der Waals surface area (Å²) in [5.74, 6) is -1.85. The lowest BCUT2D eigenvalue weighted by atomic mass is 10.1. The smallest absolute Gasteiger partial charge is 0.358 e. The van der Waals surface area contributed by atoms with Crippen LogP contribution in [0.2, 0.25) is 0 Å². The second-order valence-electron chi connectivity index (χ2n) is 13.2. The molecule has 2 atom stereocenters. The third-order valence-electron chi connectivity index (χ3n) is 8.62. The number of amides is 5. The van der Waals surface area contributed by atoms with E-state index in [9.17, 15) is 36.3 Å². The van der Waals surface area contributed by atoms with Crippen molar-refractivity contribution >= 4 is 40.0 Å². The first-order valence-electron chi connectivity index (χ1n) is 18.3. The minimum atomic E-state index is -5.25. The summed E-state index contributed by atoms with van der Waals surface area (Å²) in [4.78, 5) is 68.1. The molecule has 0 aliphatic carbocycles. The number of carbonyl (C=O) groups is 5. The highest BCUT2D eigenvalue weighted by molar-refractivity contribution is 7.81. The van der Waals surface area contributed by atoms with Crippen molar-refractivity contribution in [3.05, 3.63) is 65.2 Å². The third kappa shape index (κ3) is 15.9. The number of unbranched alkanes of at least 4 members (excludes halogenated alkanes) is 1. The molecular weight excluding hydrogens is 708 g/mol. The minimum absolute atomic E-state index is 0.0742. The minimum Gasteiger partial charge on any atom is -0.358 e. The highest BCUT2D eigenvalue weighted by Gasteiger charge is 2.25. The number of carbonyl (C=O) groups excluding carboxylic acids is 5. The SMILES string of the molecule is CCCN(CCC)CC(=O)NCCCCC(NC(=O)Cc1cccc(OS(=O)(=O)F)c1)C(=O)NCc1ccc(C(=O)NC(C)C(=O)N2CCCC2)cc1. The van der Waals surface area contributed by atoms with Gasteiger partial charge in [-0.25, -0.2) is 0 Å². The number of nitrogens with one attached hydrogen (secondary N) is 4. The zero-order valence-corrected chi connectivity index (χ0v) is 31.6. The Balaban J connectivity index is 1.57. The Kier molecular flexibility index (Phi) is 17.6. The summed E-state index contributed by atoms with van der Waals surface area (Å²) in [5.41, 5.74) is 1.40. The van der Waals surface area contributed by atoms with Crippen molar-refractivity contribution in [1.82, 2.24) is 31.1 Å². The molecule has 0 radical (unpaired) electrons. The van der Waals surface area contributed by atoms with Gasteiger partial charge in [-0.3, -0.25) is 28.9 Å². The van der Waals surface area contributed by atoms with E-state index in [1.807, 2.05) is 0 Å². The molecule has 1 saturated heterocycles. The van der Waals surface area contributed by atoms with Crippen LogP contribution in [0.1, 0.15) is 87.2 Å². The lowest BCUT2D eigenvalue weighted by Gasteiger charge is -2.21. The number of halogens is 1. The lowest BCUT2D eigenvalue weighted by molar-refractivity contribution is -0.131. The molecule has 2 aromatic carbocycles. The molecule has 1 aliphatic rings. The van der Waals surface area contributed by atoms with Gasteiger partial charge < -0.3 is 30.4 Å². The van der Waals surface area contributed by atoms with Gasteiger partial charge >= 0.3 is 10.5 Å². The quantitative estimate of drug-likeness (QED) is 0.104. The molecule has 5 amide bonds. The Morgan fingerprint density at radius 3 is 2.21 bits per heavy atom. The molecule has 2 aromatic rings. The molecule has 1 heterocycles. The zero-order valence-electron chi connectivity index (χ0n) is 30.8. The van der Waals surface area contributed by atoms with Gasteiger partial charge in [0.1, 0.15) is 17.8 Å². The van der Waals surface area contributed by atoms with E-state index in [1.54, 1.807) is 36.1 Å². The molecule has 1 aliphatic heterocycles. The normalized spacial score (nSPS) is 13.9. The standard InChI is InChI=1S/C37H53FN6O8S/c1-4-19-43(20-5-2)26-34(46)39-18-7-6-13-32(42-33(45)24-29-11-10-12-31(23-29)52-53(38,50)51)36(48)40-25-28-14-16-30(17-15-28)35(47)41-27(3)37(49)44-21-8-9-22-44/h10-12,14-17,23,27,32H,4-9,13,18-22,24-26H2,1-3H3,(H,39,46)(H,40,48)(H,41,47)(H,42,45). The predicted octanol–water partition coefficient (Wildman–Crippen LogP) is 2.77. The molecule has 16 heteroatoms. The number of hydrogen-bond donors (Lipinski definition) is 4. The largest absolute Gasteiger partial charge is 0.488 e. The van der Waals surface area contributed by atoms with Crippen molar-refractivity contribution in [2.75, 3.05) is 39.3 Å². The first-order valence-corrected chi connectivity index (χ1v) is 19.6. The van der Waals surface area contributed by atoms with Crippen molar-refractivity contribution in [2.45, 2.75) is 90.8 Å². The number of nitrogens with zero attached hydrogens (tertiary/aromatic N) is 2. The number of likely N-dealkylation sites (tertiary alicyclic amines) is 1. The fraction of sp³-hybridized carbons (Fsp3) is 0.541. The second-order valence-corrected chi connectivity index (χ2v) is 14.1. The van der Waals surface area contributed by atoms with Crippen LogP contribution in [0.3, 0.4) is 0 Å². The van der Waals surface area contributed by atoms with Gasteiger partial charge in [0, 0.05) is 31.7 Å². The first-order chi connectivity index (χ1) is 25.3. The van der Waals surface area contributed by atoms with Crippen molar-refractivity contribution in [2.24, 2.45) is 0 Å². The van der Waals surface area contributed by atoms with Gasteiger partial charge in [-0.15, -0.1) is 0 Å². The van der Waals surface area contributed by atoms with Gasteiger partial charge in [-0.05, 0) is 100 Å². The molecule has 292 valence electrons. The van der Waals surface area contributed by atoms with E-state index in [-0.39, 0.29) is 42.9 Å². The molecular formula is C37H53FN6O8S. The summed E-state index contributed by atoms with van der Waals surface area (Å²) < 4.78 is 39.0. The van der Waals surface area contributed by atoms with Crippen LogP contribution in [0.15, 0.2) is 48.5 Å². The molecule has 2 unspecified atom stereocenters. The summed E-state index contributed by atoms with van der Waals surface area (Å²) in [5, 5.41) is 11.2. The molecule has 0 spiro atoms. The Morgan fingerprint density at radius 1 is 0.887 bits per heavy atom. The van der Waals surface area contributed by atoms with Crippen molar-refractivity contribution in [1.29, 1.82) is 0 Å². The number of benzene rings is 2. The molecule has 0 saturated carbocycles. The van der Waals surface area contributed by atoms with Crippen LogP contribution in [0.5, 0.6) is 5.75 Å². The molecule has 0 aromatic heterocycles. The maximum Gasteiger partial charge on any atom is 0.488 e. The average molecular weight is 761 g/mol. The highest BCUT2D eigenvalue weighted by Crippen LogP contribution is 2.17. The maximum atomic E-state index is 13.4. The molecule has 14 nitrogen and oxygen atoms in total. The van der Waals surface area contributed by atoms with Gasteiger partial charge in [0.25, 0.3) is 5.91 Å². The monoisotopic (exact) mass is 760 g/mol. The topological polar surface area (TPSA) is 183 Å². The fourth-order valence-electron chi connectivity index (χ4n) is 6.02. The molecule has 4 N–H and O–H groups in total. The Morgan fingerprint density at radius 2 is 1.57 bits per heavy atom. The Hall–Kier alpha value is -4.57. The van der Waals surface area contributed by atoms with Crippen molar-refractivity contribution in [3.63, 3.8) is 0 Å². The van der Waals surface area contributed by atoms with Crippen LogP contribution in [0.4, 0.5) is 3.89 Å². The van der Waals surface area contributed by atoms with E-state index >= 15 is 0 Å². The van der Waals surface area contributed by atoms with Crippen LogP contribution in [-0.2, 0) is 42.6 Å². The second kappa shape index (κ2) is 21.8. The Labute approximate surface area is 312 Å². The fourth-order valence-corrected chi connectivity index (χ4v) is 6.36. The van der Waals surface area contributed by atoms with Crippen LogP contribution in [0.25, 0.3) is 0 Å².